The zero-order valence-electron chi connectivity index (χ0n) is 20.3. The van der Waals surface area contributed by atoms with Gasteiger partial charge in [0.15, 0.2) is 5.65 Å². The van der Waals surface area contributed by atoms with Crippen LogP contribution in [0.15, 0.2) is 61.1 Å². The standard InChI is InChI=1S/C27H29N7O2/c1-36-24-10-9-20(27(35)28-16-19-7-8-19)15-23(24)32-11-13-33(14-12-32)25-22-17-31-34(26(22)30-18-29-25)21-5-3-2-4-6-21/h2-6,9-10,15,17-19H,7-8,11-14,16H2,1H3,(H,28,35). The van der Waals surface area contributed by atoms with E-state index in [4.69, 9.17) is 4.74 Å². The number of ether oxygens (including phenoxy) is 1. The van der Waals surface area contributed by atoms with Gasteiger partial charge in [0.1, 0.15) is 17.9 Å². The molecule has 9 heteroatoms. The molecule has 1 N–H and O–H groups in total. The molecule has 9 nitrogen and oxygen atoms in total. The van der Waals surface area contributed by atoms with Crippen molar-refractivity contribution in [1.29, 1.82) is 0 Å². The van der Waals surface area contributed by atoms with Crippen molar-refractivity contribution < 1.29 is 9.53 Å². The fraction of sp³-hybridized carbons (Fsp3) is 0.333. The van der Waals surface area contributed by atoms with Gasteiger partial charge in [-0.3, -0.25) is 4.79 Å². The Morgan fingerprint density at radius 1 is 1.03 bits per heavy atom. The number of anilines is 2. The molecule has 6 rings (SSSR count). The predicted molar refractivity (Wildman–Crippen MR) is 139 cm³/mol. The van der Waals surface area contributed by atoms with Crippen LogP contribution in [0.1, 0.15) is 23.2 Å². The maximum Gasteiger partial charge on any atom is 0.251 e. The Morgan fingerprint density at radius 2 is 1.81 bits per heavy atom. The van der Waals surface area contributed by atoms with E-state index in [1.807, 2.05) is 59.4 Å². The summed E-state index contributed by atoms with van der Waals surface area (Å²) >= 11 is 0. The Hall–Kier alpha value is -4.14. The summed E-state index contributed by atoms with van der Waals surface area (Å²) in [6, 6.07) is 15.7. The van der Waals surface area contributed by atoms with Crippen LogP contribution in [0, 0.1) is 5.92 Å². The molecular formula is C27H29N7O2. The van der Waals surface area contributed by atoms with Crippen molar-refractivity contribution in [2.75, 3.05) is 49.6 Å². The number of para-hydroxylation sites is 1. The second-order valence-electron chi connectivity index (χ2n) is 9.34. The van der Waals surface area contributed by atoms with Crippen LogP contribution in [0.2, 0.25) is 0 Å². The van der Waals surface area contributed by atoms with Crippen LogP contribution in [0.3, 0.4) is 0 Å². The molecule has 0 atom stereocenters. The van der Waals surface area contributed by atoms with E-state index in [1.165, 1.54) is 12.8 Å². The molecule has 2 aliphatic rings. The van der Waals surface area contributed by atoms with Crippen LogP contribution in [0.4, 0.5) is 11.5 Å². The number of rotatable bonds is 7. The lowest BCUT2D eigenvalue weighted by atomic mass is 10.1. The van der Waals surface area contributed by atoms with Gasteiger partial charge in [0.25, 0.3) is 5.91 Å². The van der Waals surface area contributed by atoms with Gasteiger partial charge in [0, 0.05) is 38.3 Å². The number of carbonyl (C=O) groups is 1. The van der Waals surface area contributed by atoms with Gasteiger partial charge in [0.2, 0.25) is 0 Å². The first-order valence-electron chi connectivity index (χ1n) is 12.4. The molecule has 1 saturated heterocycles. The molecule has 0 spiro atoms. The number of aromatic nitrogens is 4. The molecule has 1 aliphatic heterocycles. The summed E-state index contributed by atoms with van der Waals surface area (Å²) in [6.07, 6.45) is 5.88. The van der Waals surface area contributed by atoms with Crippen LogP contribution in [-0.2, 0) is 0 Å². The third-order valence-electron chi connectivity index (χ3n) is 6.95. The van der Waals surface area contributed by atoms with Crippen molar-refractivity contribution >= 4 is 28.4 Å². The Balaban J connectivity index is 1.20. The van der Waals surface area contributed by atoms with Gasteiger partial charge in [0.05, 0.1) is 30.1 Å². The predicted octanol–water partition coefficient (Wildman–Crippen LogP) is 3.29. The van der Waals surface area contributed by atoms with Crippen molar-refractivity contribution in [2.24, 2.45) is 5.92 Å². The molecular weight excluding hydrogens is 454 g/mol. The van der Waals surface area contributed by atoms with Gasteiger partial charge in [-0.25, -0.2) is 14.6 Å². The summed E-state index contributed by atoms with van der Waals surface area (Å²) in [7, 11) is 1.67. The molecule has 1 saturated carbocycles. The fourth-order valence-electron chi connectivity index (χ4n) is 4.74. The lowest BCUT2D eigenvalue weighted by Crippen LogP contribution is -2.47. The normalized spacial score (nSPS) is 15.8. The average molecular weight is 484 g/mol. The minimum Gasteiger partial charge on any atom is -0.495 e. The maximum atomic E-state index is 12.7. The Morgan fingerprint density at radius 3 is 2.56 bits per heavy atom. The highest BCUT2D eigenvalue weighted by molar-refractivity contribution is 5.95. The Labute approximate surface area is 209 Å². The van der Waals surface area contributed by atoms with E-state index in [0.717, 1.165) is 66.7 Å². The van der Waals surface area contributed by atoms with Gasteiger partial charge < -0.3 is 19.9 Å². The summed E-state index contributed by atoms with van der Waals surface area (Å²) in [5, 5.41) is 8.58. The first-order valence-corrected chi connectivity index (χ1v) is 12.4. The summed E-state index contributed by atoms with van der Waals surface area (Å²) in [5.41, 5.74) is 3.37. The Bertz CT molecular complexity index is 1380. The summed E-state index contributed by atoms with van der Waals surface area (Å²) in [6.45, 7) is 3.88. The zero-order chi connectivity index (χ0) is 24.5. The van der Waals surface area contributed by atoms with E-state index in [9.17, 15) is 4.79 Å². The second kappa shape index (κ2) is 9.49. The van der Waals surface area contributed by atoms with E-state index in [-0.39, 0.29) is 5.91 Å². The van der Waals surface area contributed by atoms with Crippen molar-refractivity contribution in [1.82, 2.24) is 25.1 Å². The molecule has 2 fully saturated rings. The smallest absolute Gasteiger partial charge is 0.251 e. The molecule has 1 amide bonds. The summed E-state index contributed by atoms with van der Waals surface area (Å²) < 4.78 is 7.49. The Kier molecular flexibility index (Phi) is 5.88. The third-order valence-corrected chi connectivity index (χ3v) is 6.95. The summed E-state index contributed by atoms with van der Waals surface area (Å²) in [5.74, 6) is 2.29. The quantitative estimate of drug-likeness (QED) is 0.432. The van der Waals surface area contributed by atoms with Crippen LogP contribution in [0.25, 0.3) is 16.7 Å². The first-order chi connectivity index (χ1) is 17.7. The van der Waals surface area contributed by atoms with Crippen molar-refractivity contribution in [3.63, 3.8) is 0 Å². The molecule has 2 aromatic carbocycles. The number of hydrogen-bond donors (Lipinski definition) is 1. The number of hydrogen-bond acceptors (Lipinski definition) is 7. The average Bonchev–Trinajstić information content (AvgIpc) is 3.67. The number of nitrogens with one attached hydrogen (secondary N) is 1. The summed E-state index contributed by atoms with van der Waals surface area (Å²) in [4.78, 5) is 26.4. The molecule has 0 radical (unpaired) electrons. The number of benzene rings is 2. The van der Waals surface area contributed by atoms with E-state index < -0.39 is 0 Å². The molecule has 36 heavy (non-hydrogen) atoms. The number of fused-ring (bicyclic) bond motifs is 1. The number of amides is 1. The largest absolute Gasteiger partial charge is 0.495 e. The van der Waals surface area contributed by atoms with Crippen molar-refractivity contribution in [2.45, 2.75) is 12.8 Å². The van der Waals surface area contributed by atoms with Gasteiger partial charge >= 0.3 is 0 Å². The van der Waals surface area contributed by atoms with Gasteiger partial charge in [-0.15, -0.1) is 0 Å². The number of methoxy groups -OCH3 is 1. The molecule has 184 valence electrons. The van der Waals surface area contributed by atoms with Crippen LogP contribution >= 0.6 is 0 Å². The molecule has 2 aromatic heterocycles. The van der Waals surface area contributed by atoms with Crippen LogP contribution in [0.5, 0.6) is 5.75 Å². The second-order valence-corrected chi connectivity index (χ2v) is 9.34. The van der Waals surface area contributed by atoms with Gasteiger partial charge in [-0.1, -0.05) is 18.2 Å². The molecule has 0 bridgehead atoms. The lowest BCUT2D eigenvalue weighted by Gasteiger charge is -2.37. The lowest BCUT2D eigenvalue weighted by molar-refractivity contribution is 0.0952. The first kappa shape index (κ1) is 22.3. The topological polar surface area (TPSA) is 88.4 Å². The minimum atomic E-state index is -0.0248. The van der Waals surface area contributed by atoms with Crippen molar-refractivity contribution in [3.05, 3.63) is 66.6 Å². The number of nitrogens with zero attached hydrogens (tertiary/aromatic N) is 6. The number of piperazine rings is 1. The van der Waals surface area contributed by atoms with Crippen molar-refractivity contribution in [3.8, 4) is 11.4 Å². The van der Waals surface area contributed by atoms with Gasteiger partial charge in [-0.05, 0) is 49.1 Å². The van der Waals surface area contributed by atoms with E-state index >= 15 is 0 Å². The molecule has 0 unspecified atom stereocenters. The van der Waals surface area contributed by atoms with Gasteiger partial charge in [-0.2, -0.15) is 5.10 Å². The highest BCUT2D eigenvalue weighted by Gasteiger charge is 2.25. The fourth-order valence-corrected chi connectivity index (χ4v) is 4.74. The highest BCUT2D eigenvalue weighted by atomic mass is 16.5. The van der Waals surface area contributed by atoms with Crippen LogP contribution in [-0.4, -0.2) is 65.5 Å². The zero-order valence-corrected chi connectivity index (χ0v) is 20.3. The van der Waals surface area contributed by atoms with Crippen LogP contribution < -0.4 is 19.9 Å². The van der Waals surface area contributed by atoms with E-state index in [1.54, 1.807) is 13.4 Å². The van der Waals surface area contributed by atoms with E-state index in [0.29, 0.717) is 11.5 Å². The monoisotopic (exact) mass is 483 g/mol. The number of carbonyl (C=O) groups excluding carboxylic acids is 1. The van der Waals surface area contributed by atoms with E-state index in [2.05, 4.69) is 30.2 Å². The molecule has 1 aliphatic carbocycles. The maximum absolute atomic E-state index is 12.7. The third kappa shape index (κ3) is 4.32. The molecule has 3 heterocycles. The SMILES string of the molecule is COc1ccc(C(=O)NCC2CC2)cc1N1CCN(c2ncnc3c2cnn3-c2ccccc2)CC1. The minimum absolute atomic E-state index is 0.0248. The highest BCUT2D eigenvalue weighted by Crippen LogP contribution is 2.32. The molecule has 4 aromatic rings.